The van der Waals surface area contributed by atoms with Crippen molar-refractivity contribution in [1.29, 1.82) is 0 Å². The number of aryl methyl sites for hydroxylation is 2. The zero-order valence-corrected chi connectivity index (χ0v) is 15.0. The van der Waals surface area contributed by atoms with E-state index in [1.54, 1.807) is 0 Å². The molecule has 8 heteroatoms. The van der Waals surface area contributed by atoms with Crippen LogP contribution in [0.15, 0.2) is 0 Å². The largest absolute Gasteiger partial charge is 0.382 e. The third-order valence-corrected chi connectivity index (χ3v) is 4.14. The van der Waals surface area contributed by atoms with Gasteiger partial charge in [0.25, 0.3) is 0 Å². The van der Waals surface area contributed by atoms with Crippen LogP contribution in [0.1, 0.15) is 23.9 Å². The van der Waals surface area contributed by atoms with Gasteiger partial charge in [-0.3, -0.25) is 9.59 Å². The standard InChI is InChI=1S/C15H25N3O4S/c1-5-22-8-6-7-18(14(20)10-21-4)9-13(19)17-15-16-11(2)12(3)23-15/h5-10H2,1-4H3,(H,16,17,19). The molecular weight excluding hydrogens is 318 g/mol. The summed E-state index contributed by atoms with van der Waals surface area (Å²) in [5.74, 6) is -0.481. The van der Waals surface area contributed by atoms with E-state index in [4.69, 9.17) is 9.47 Å². The lowest BCUT2D eigenvalue weighted by molar-refractivity contribution is -0.138. The summed E-state index contributed by atoms with van der Waals surface area (Å²) in [6.07, 6.45) is 0.673. The van der Waals surface area contributed by atoms with Gasteiger partial charge in [-0.15, -0.1) is 11.3 Å². The van der Waals surface area contributed by atoms with E-state index in [9.17, 15) is 9.59 Å². The Morgan fingerprint density at radius 1 is 1.35 bits per heavy atom. The zero-order valence-electron chi connectivity index (χ0n) is 14.2. The second kappa shape index (κ2) is 10.3. The first kappa shape index (κ1) is 19.5. The van der Waals surface area contributed by atoms with Crippen LogP contribution in [0.5, 0.6) is 0 Å². The highest BCUT2D eigenvalue weighted by Crippen LogP contribution is 2.20. The van der Waals surface area contributed by atoms with Crippen LogP contribution in [0.25, 0.3) is 0 Å². The van der Waals surface area contributed by atoms with E-state index >= 15 is 0 Å². The van der Waals surface area contributed by atoms with Gasteiger partial charge in [-0.2, -0.15) is 0 Å². The minimum Gasteiger partial charge on any atom is -0.382 e. The molecule has 0 aromatic carbocycles. The van der Waals surface area contributed by atoms with Crippen molar-refractivity contribution >= 4 is 28.3 Å². The summed E-state index contributed by atoms with van der Waals surface area (Å²) in [5.41, 5.74) is 0.898. The van der Waals surface area contributed by atoms with Crippen LogP contribution in [0.2, 0.25) is 0 Å². The number of hydrogen-bond acceptors (Lipinski definition) is 6. The zero-order chi connectivity index (χ0) is 17.2. The maximum atomic E-state index is 12.1. The first-order valence-corrected chi connectivity index (χ1v) is 8.37. The quantitative estimate of drug-likeness (QED) is 0.653. The van der Waals surface area contributed by atoms with Crippen molar-refractivity contribution in [2.24, 2.45) is 0 Å². The van der Waals surface area contributed by atoms with Crippen LogP contribution in [-0.2, 0) is 19.1 Å². The van der Waals surface area contributed by atoms with Crippen LogP contribution >= 0.6 is 11.3 Å². The number of anilines is 1. The smallest absolute Gasteiger partial charge is 0.249 e. The fourth-order valence-corrected chi connectivity index (χ4v) is 2.70. The molecule has 0 radical (unpaired) electrons. The second-order valence-electron chi connectivity index (χ2n) is 5.01. The number of aromatic nitrogens is 1. The van der Waals surface area contributed by atoms with E-state index in [0.717, 1.165) is 10.6 Å². The molecule has 2 amide bonds. The SMILES string of the molecule is CCOCCCN(CC(=O)Nc1nc(C)c(C)s1)C(=O)COC. The van der Waals surface area contributed by atoms with Crippen molar-refractivity contribution in [3.8, 4) is 0 Å². The Morgan fingerprint density at radius 2 is 2.09 bits per heavy atom. The third-order valence-electron chi connectivity index (χ3n) is 3.15. The molecule has 1 rings (SSSR count). The van der Waals surface area contributed by atoms with Crippen LogP contribution < -0.4 is 5.32 Å². The molecule has 0 atom stereocenters. The van der Waals surface area contributed by atoms with Gasteiger partial charge < -0.3 is 19.7 Å². The summed E-state index contributed by atoms with van der Waals surface area (Å²) < 4.78 is 10.1. The molecular formula is C15H25N3O4S. The van der Waals surface area contributed by atoms with Crippen molar-refractivity contribution in [3.63, 3.8) is 0 Å². The third kappa shape index (κ3) is 7.06. The van der Waals surface area contributed by atoms with Gasteiger partial charge >= 0.3 is 0 Å². The van der Waals surface area contributed by atoms with Crippen molar-refractivity contribution in [1.82, 2.24) is 9.88 Å². The van der Waals surface area contributed by atoms with E-state index in [1.807, 2.05) is 20.8 Å². The maximum absolute atomic E-state index is 12.1. The fraction of sp³-hybridized carbons (Fsp3) is 0.667. The Bertz CT molecular complexity index is 499. The minimum absolute atomic E-state index is 0.0218. The molecule has 0 spiro atoms. The summed E-state index contributed by atoms with van der Waals surface area (Å²) in [4.78, 5) is 31.0. The van der Waals surface area contributed by atoms with Crippen LogP contribution in [0, 0.1) is 13.8 Å². The molecule has 1 aromatic rings. The van der Waals surface area contributed by atoms with Gasteiger partial charge in [0.15, 0.2) is 5.13 Å². The van der Waals surface area contributed by atoms with Gasteiger partial charge in [0, 0.05) is 31.7 Å². The van der Waals surface area contributed by atoms with Crippen molar-refractivity contribution in [2.45, 2.75) is 27.2 Å². The van der Waals surface area contributed by atoms with Gasteiger partial charge in [-0.1, -0.05) is 0 Å². The summed E-state index contributed by atoms with van der Waals surface area (Å²) in [6, 6.07) is 0. The van der Waals surface area contributed by atoms with Crippen LogP contribution in [-0.4, -0.2) is 61.7 Å². The second-order valence-corrected chi connectivity index (χ2v) is 6.21. The normalized spacial score (nSPS) is 10.6. The summed E-state index contributed by atoms with van der Waals surface area (Å²) in [6.45, 7) is 7.33. The van der Waals surface area contributed by atoms with E-state index in [1.165, 1.54) is 23.3 Å². The summed E-state index contributed by atoms with van der Waals surface area (Å²) in [5, 5.41) is 3.29. The molecule has 0 saturated heterocycles. The predicted molar refractivity (Wildman–Crippen MR) is 89.8 cm³/mol. The van der Waals surface area contributed by atoms with Crippen molar-refractivity contribution in [3.05, 3.63) is 10.6 Å². The number of thiazole rings is 1. The Morgan fingerprint density at radius 3 is 2.65 bits per heavy atom. The van der Waals surface area contributed by atoms with E-state index in [2.05, 4.69) is 10.3 Å². The first-order chi connectivity index (χ1) is 11.0. The number of carbonyl (C=O) groups is 2. The lowest BCUT2D eigenvalue weighted by atomic mass is 10.3. The number of rotatable bonds is 10. The topological polar surface area (TPSA) is 80.8 Å². The number of methoxy groups -OCH3 is 1. The molecule has 0 aliphatic heterocycles. The average Bonchev–Trinajstić information content (AvgIpc) is 2.80. The number of carbonyl (C=O) groups excluding carboxylic acids is 2. The fourth-order valence-electron chi connectivity index (χ4n) is 1.87. The van der Waals surface area contributed by atoms with Crippen molar-refractivity contribution < 1.29 is 19.1 Å². The van der Waals surface area contributed by atoms with Gasteiger partial charge in [0.05, 0.1) is 12.2 Å². The van der Waals surface area contributed by atoms with Gasteiger partial charge in [-0.05, 0) is 27.2 Å². The Hall–Kier alpha value is -1.51. The highest BCUT2D eigenvalue weighted by molar-refractivity contribution is 7.15. The molecule has 1 heterocycles. The maximum Gasteiger partial charge on any atom is 0.249 e. The Balaban J connectivity index is 2.55. The minimum atomic E-state index is -0.264. The first-order valence-electron chi connectivity index (χ1n) is 7.56. The molecule has 130 valence electrons. The lowest BCUT2D eigenvalue weighted by Gasteiger charge is -2.21. The van der Waals surface area contributed by atoms with Gasteiger partial charge in [0.1, 0.15) is 6.61 Å². The number of nitrogens with zero attached hydrogens (tertiary/aromatic N) is 2. The molecule has 0 fully saturated rings. The van der Waals surface area contributed by atoms with E-state index in [0.29, 0.717) is 31.3 Å². The van der Waals surface area contributed by atoms with Gasteiger partial charge in [-0.25, -0.2) is 4.98 Å². The van der Waals surface area contributed by atoms with Crippen LogP contribution in [0.4, 0.5) is 5.13 Å². The van der Waals surface area contributed by atoms with Crippen molar-refractivity contribution in [2.75, 3.05) is 45.3 Å². The number of hydrogen-bond donors (Lipinski definition) is 1. The molecule has 1 N–H and O–H groups in total. The highest BCUT2D eigenvalue weighted by atomic mass is 32.1. The molecule has 0 unspecified atom stereocenters. The molecule has 0 aliphatic rings. The molecule has 0 aliphatic carbocycles. The molecule has 0 saturated carbocycles. The average molecular weight is 343 g/mol. The monoisotopic (exact) mass is 343 g/mol. The predicted octanol–water partition coefficient (Wildman–Crippen LogP) is 1.60. The summed E-state index contributed by atoms with van der Waals surface area (Å²) in [7, 11) is 1.46. The highest BCUT2D eigenvalue weighted by Gasteiger charge is 2.17. The lowest BCUT2D eigenvalue weighted by Crippen LogP contribution is -2.40. The summed E-state index contributed by atoms with van der Waals surface area (Å²) >= 11 is 1.42. The van der Waals surface area contributed by atoms with E-state index < -0.39 is 0 Å². The Labute approximate surface area is 141 Å². The van der Waals surface area contributed by atoms with E-state index in [-0.39, 0.29) is 25.0 Å². The molecule has 7 nitrogen and oxygen atoms in total. The molecule has 1 aromatic heterocycles. The van der Waals surface area contributed by atoms with Gasteiger partial charge in [0.2, 0.25) is 11.8 Å². The van der Waals surface area contributed by atoms with Crippen LogP contribution in [0.3, 0.4) is 0 Å². The number of ether oxygens (including phenoxy) is 2. The number of amides is 2. The molecule has 23 heavy (non-hydrogen) atoms. The molecule has 0 bridgehead atoms. The number of nitrogens with one attached hydrogen (secondary N) is 1. The Kier molecular flexibility index (Phi) is 8.75.